The smallest absolute Gasteiger partial charge is 0.371 e. The van der Waals surface area contributed by atoms with E-state index in [4.69, 9.17) is 5.73 Å². The summed E-state index contributed by atoms with van der Waals surface area (Å²) in [5, 5.41) is 0. The van der Waals surface area contributed by atoms with Crippen molar-refractivity contribution in [2.24, 2.45) is 11.7 Å². The van der Waals surface area contributed by atoms with Crippen molar-refractivity contribution in [3.8, 4) is 0 Å². The van der Waals surface area contributed by atoms with Crippen LogP contribution in [-0.4, -0.2) is 19.3 Å². The Morgan fingerprint density at radius 2 is 1.90 bits per heavy atom. The van der Waals surface area contributed by atoms with Gasteiger partial charge >= 0.3 is 6.18 Å². The van der Waals surface area contributed by atoms with Crippen LogP contribution in [0.5, 0.6) is 0 Å². The molecule has 0 spiro atoms. The first-order valence-electron chi connectivity index (χ1n) is 6.65. The van der Waals surface area contributed by atoms with E-state index in [0.29, 0.717) is 13.1 Å². The van der Waals surface area contributed by atoms with E-state index in [2.05, 4.69) is 15.9 Å². The highest BCUT2D eigenvalue weighted by atomic mass is 79.9. The molecule has 1 atom stereocenters. The summed E-state index contributed by atoms with van der Waals surface area (Å²) < 4.78 is 38.8. The van der Waals surface area contributed by atoms with Crippen LogP contribution in [0, 0.1) is 5.92 Å². The molecule has 1 fully saturated rings. The molecule has 0 amide bonds. The van der Waals surface area contributed by atoms with Gasteiger partial charge in [-0.3, -0.25) is 0 Å². The lowest BCUT2D eigenvalue weighted by Gasteiger charge is -2.34. The lowest BCUT2D eigenvalue weighted by atomic mass is 9.96. The maximum absolute atomic E-state index is 12.6. The van der Waals surface area contributed by atoms with Crippen LogP contribution < -0.4 is 10.6 Å². The molecule has 2 N–H and O–H groups in total. The van der Waals surface area contributed by atoms with Gasteiger partial charge in [-0.25, -0.2) is 0 Å². The van der Waals surface area contributed by atoms with Crippen LogP contribution in [0.25, 0.3) is 0 Å². The molecule has 112 valence electrons. The van der Waals surface area contributed by atoms with Crippen LogP contribution in [0.2, 0.25) is 0 Å². The first kappa shape index (κ1) is 15.6. The van der Waals surface area contributed by atoms with Crippen molar-refractivity contribution < 1.29 is 13.2 Å². The lowest BCUT2D eigenvalue weighted by molar-refractivity contribution is -0.179. The number of hydrogen-bond donors (Lipinski definition) is 1. The number of rotatable bonds is 2. The number of benzene rings is 1. The number of nitrogens with two attached hydrogens (primary N) is 1. The van der Waals surface area contributed by atoms with E-state index < -0.39 is 12.1 Å². The summed E-state index contributed by atoms with van der Waals surface area (Å²) in [5.74, 6) is -1.16. The molecule has 1 aromatic carbocycles. The zero-order chi connectivity index (χ0) is 14.9. The summed E-state index contributed by atoms with van der Waals surface area (Å²) in [4.78, 5) is 2.00. The third-order valence-electron chi connectivity index (χ3n) is 3.80. The Morgan fingerprint density at radius 3 is 2.35 bits per heavy atom. The fourth-order valence-corrected chi connectivity index (χ4v) is 3.27. The molecule has 1 aromatic rings. The molecule has 0 aromatic heterocycles. The number of piperidine rings is 1. The van der Waals surface area contributed by atoms with Gasteiger partial charge in [-0.2, -0.15) is 13.2 Å². The van der Waals surface area contributed by atoms with Gasteiger partial charge in [-0.1, -0.05) is 22.0 Å². The summed E-state index contributed by atoms with van der Waals surface area (Å²) >= 11 is 3.47. The fourth-order valence-electron chi connectivity index (χ4n) is 2.55. The Balaban J connectivity index is 2.06. The fraction of sp³-hybridized carbons (Fsp3) is 0.571. The van der Waals surface area contributed by atoms with Gasteiger partial charge in [0.2, 0.25) is 0 Å². The standard InChI is InChI=1S/C14H18BrF3N2/c1-9(19)12-3-2-11(8-13(12)15)20-6-4-10(5-7-20)14(16,17)18/h2-3,8-10H,4-7,19H2,1H3/t9-/m1/s1. The molecule has 0 unspecified atom stereocenters. The second-order valence-electron chi connectivity index (χ2n) is 5.30. The SMILES string of the molecule is C[C@@H](N)c1ccc(N2CCC(C(F)(F)F)CC2)cc1Br. The summed E-state index contributed by atoms with van der Waals surface area (Å²) in [7, 11) is 0. The summed E-state index contributed by atoms with van der Waals surface area (Å²) in [6.45, 7) is 2.77. The summed E-state index contributed by atoms with van der Waals surface area (Å²) in [5.41, 5.74) is 7.79. The molecule has 0 aliphatic carbocycles. The van der Waals surface area contributed by atoms with E-state index in [0.717, 1.165) is 15.7 Å². The highest BCUT2D eigenvalue weighted by molar-refractivity contribution is 9.10. The maximum atomic E-state index is 12.6. The molecule has 1 saturated heterocycles. The zero-order valence-corrected chi connectivity index (χ0v) is 12.8. The average Bonchev–Trinajstić information content (AvgIpc) is 2.37. The van der Waals surface area contributed by atoms with Crippen molar-refractivity contribution >= 4 is 21.6 Å². The van der Waals surface area contributed by atoms with E-state index in [-0.39, 0.29) is 18.9 Å². The summed E-state index contributed by atoms with van der Waals surface area (Å²) in [6.07, 6.45) is -3.74. The first-order valence-corrected chi connectivity index (χ1v) is 7.45. The number of hydrogen-bond acceptors (Lipinski definition) is 2. The highest BCUT2D eigenvalue weighted by Gasteiger charge is 2.41. The number of anilines is 1. The summed E-state index contributed by atoms with van der Waals surface area (Å²) in [6, 6.07) is 5.72. The van der Waals surface area contributed by atoms with Crippen LogP contribution in [0.4, 0.5) is 18.9 Å². The van der Waals surface area contributed by atoms with Gasteiger partial charge in [0.1, 0.15) is 0 Å². The van der Waals surface area contributed by atoms with Crippen LogP contribution in [-0.2, 0) is 0 Å². The molecule has 1 aliphatic rings. The zero-order valence-electron chi connectivity index (χ0n) is 11.3. The number of alkyl halides is 3. The molecule has 0 bridgehead atoms. The molecular weight excluding hydrogens is 333 g/mol. The van der Waals surface area contributed by atoms with Gasteiger partial charge in [0.25, 0.3) is 0 Å². The monoisotopic (exact) mass is 350 g/mol. The number of nitrogens with zero attached hydrogens (tertiary/aromatic N) is 1. The Kier molecular flexibility index (Phi) is 4.64. The van der Waals surface area contributed by atoms with E-state index in [1.807, 2.05) is 30.0 Å². The Labute approximate surface area is 125 Å². The molecule has 2 nitrogen and oxygen atoms in total. The molecule has 2 rings (SSSR count). The molecule has 0 saturated carbocycles. The van der Waals surface area contributed by atoms with Crippen molar-refractivity contribution in [2.45, 2.75) is 32.0 Å². The molecule has 20 heavy (non-hydrogen) atoms. The van der Waals surface area contributed by atoms with E-state index >= 15 is 0 Å². The lowest BCUT2D eigenvalue weighted by Crippen LogP contribution is -2.39. The Morgan fingerprint density at radius 1 is 1.30 bits per heavy atom. The molecule has 1 heterocycles. The van der Waals surface area contributed by atoms with Crippen molar-refractivity contribution in [2.75, 3.05) is 18.0 Å². The minimum absolute atomic E-state index is 0.0746. The first-order chi connectivity index (χ1) is 9.29. The third-order valence-corrected chi connectivity index (χ3v) is 4.48. The van der Waals surface area contributed by atoms with E-state index in [9.17, 15) is 13.2 Å². The third kappa shape index (κ3) is 3.47. The average molecular weight is 351 g/mol. The van der Waals surface area contributed by atoms with Crippen molar-refractivity contribution in [1.29, 1.82) is 0 Å². The minimum Gasteiger partial charge on any atom is -0.371 e. The van der Waals surface area contributed by atoms with E-state index in [1.165, 1.54) is 0 Å². The maximum Gasteiger partial charge on any atom is 0.391 e. The van der Waals surface area contributed by atoms with Crippen LogP contribution in [0.1, 0.15) is 31.4 Å². The van der Waals surface area contributed by atoms with Gasteiger partial charge in [-0.05, 0) is 37.5 Å². The molecule has 0 radical (unpaired) electrons. The van der Waals surface area contributed by atoms with Crippen molar-refractivity contribution in [3.05, 3.63) is 28.2 Å². The van der Waals surface area contributed by atoms with Gasteiger partial charge in [0, 0.05) is 29.3 Å². The molecule has 6 heteroatoms. The quantitative estimate of drug-likeness (QED) is 0.863. The van der Waals surface area contributed by atoms with Gasteiger partial charge in [0.05, 0.1) is 5.92 Å². The second-order valence-corrected chi connectivity index (χ2v) is 6.15. The Bertz CT molecular complexity index is 466. The highest BCUT2D eigenvalue weighted by Crippen LogP contribution is 2.36. The van der Waals surface area contributed by atoms with E-state index in [1.54, 1.807) is 0 Å². The number of halogens is 4. The van der Waals surface area contributed by atoms with Crippen molar-refractivity contribution in [3.63, 3.8) is 0 Å². The largest absolute Gasteiger partial charge is 0.391 e. The predicted octanol–water partition coefficient (Wildman–Crippen LogP) is 4.25. The van der Waals surface area contributed by atoms with Crippen molar-refractivity contribution in [1.82, 2.24) is 0 Å². The second kappa shape index (κ2) is 5.93. The predicted molar refractivity (Wildman–Crippen MR) is 77.7 cm³/mol. The van der Waals surface area contributed by atoms with Crippen LogP contribution in [0.3, 0.4) is 0 Å². The molecular formula is C14H18BrF3N2. The van der Waals surface area contributed by atoms with Gasteiger partial charge < -0.3 is 10.6 Å². The van der Waals surface area contributed by atoms with Gasteiger partial charge in [0.15, 0.2) is 0 Å². The normalized spacial score (nSPS) is 19.2. The minimum atomic E-state index is -4.06. The van der Waals surface area contributed by atoms with Crippen LogP contribution in [0.15, 0.2) is 22.7 Å². The topological polar surface area (TPSA) is 29.3 Å². The Hall–Kier alpha value is -0.750. The van der Waals surface area contributed by atoms with Crippen LogP contribution >= 0.6 is 15.9 Å². The van der Waals surface area contributed by atoms with Gasteiger partial charge in [-0.15, -0.1) is 0 Å². The molecule has 1 aliphatic heterocycles.